The maximum Gasteiger partial charge on any atom is 0.290 e. The highest BCUT2D eigenvalue weighted by molar-refractivity contribution is 5.88. The van der Waals surface area contributed by atoms with Crippen molar-refractivity contribution in [2.24, 2.45) is 0 Å². The molecule has 146 valence electrons. The fraction of sp³-hybridized carbons (Fsp3) is 0.667. The van der Waals surface area contributed by atoms with Crippen LogP contribution in [0, 0.1) is 0 Å². The zero-order valence-corrected chi connectivity index (χ0v) is 15.3. The molecule has 0 spiro atoms. The third-order valence-electron chi connectivity index (χ3n) is 5.78. The molecule has 0 bridgehead atoms. The smallest absolute Gasteiger partial charge is 0.290 e. The van der Waals surface area contributed by atoms with Gasteiger partial charge in [-0.15, -0.1) is 0 Å². The summed E-state index contributed by atoms with van der Waals surface area (Å²) >= 11 is 0. The van der Waals surface area contributed by atoms with Crippen LogP contribution in [0.4, 0.5) is 20.5 Å². The van der Waals surface area contributed by atoms with E-state index in [2.05, 4.69) is 9.97 Å². The topological polar surface area (TPSA) is 69.6 Å². The lowest BCUT2D eigenvalue weighted by Gasteiger charge is -2.40. The Morgan fingerprint density at radius 1 is 1.22 bits per heavy atom. The molecule has 3 aliphatic rings. The van der Waals surface area contributed by atoms with Gasteiger partial charge in [-0.3, -0.25) is 4.79 Å². The molecule has 0 N–H and O–H groups in total. The molecule has 3 heterocycles. The van der Waals surface area contributed by atoms with Crippen LogP contribution >= 0.6 is 0 Å². The average Bonchev–Trinajstić information content (AvgIpc) is 2.95. The van der Waals surface area contributed by atoms with Gasteiger partial charge < -0.3 is 19.5 Å². The lowest BCUT2D eigenvalue weighted by Crippen LogP contribution is -2.50. The van der Waals surface area contributed by atoms with Crippen molar-refractivity contribution in [2.45, 2.75) is 44.6 Å². The number of alkyl halides is 2. The highest BCUT2D eigenvalue weighted by Crippen LogP contribution is 2.44. The Morgan fingerprint density at radius 2 is 1.96 bits per heavy atom. The third-order valence-corrected chi connectivity index (χ3v) is 5.78. The molecule has 9 heteroatoms. The van der Waals surface area contributed by atoms with Gasteiger partial charge >= 0.3 is 0 Å². The molecule has 0 radical (unpaired) electrons. The number of carbonyl (C=O) groups excluding carboxylic acids is 2. The maximum atomic E-state index is 14.4. The predicted molar refractivity (Wildman–Crippen MR) is 95.1 cm³/mol. The SMILES string of the molecule is CC1CCN1c1nc(N2CCN(C(=O)CC=O)CC2)c2c(n1)C(F)(F)CC2. The number of anilines is 2. The normalized spacial score (nSPS) is 23.8. The van der Waals surface area contributed by atoms with Crippen molar-refractivity contribution in [1.82, 2.24) is 14.9 Å². The number of amides is 1. The van der Waals surface area contributed by atoms with E-state index >= 15 is 0 Å². The highest BCUT2D eigenvalue weighted by atomic mass is 19.3. The number of rotatable bonds is 4. The molecule has 1 unspecified atom stereocenters. The summed E-state index contributed by atoms with van der Waals surface area (Å²) in [4.78, 5) is 36.9. The molecule has 7 nitrogen and oxygen atoms in total. The second kappa shape index (κ2) is 6.69. The van der Waals surface area contributed by atoms with E-state index in [4.69, 9.17) is 0 Å². The van der Waals surface area contributed by atoms with Gasteiger partial charge in [0.2, 0.25) is 11.9 Å². The molecule has 4 rings (SSSR count). The second-order valence-corrected chi connectivity index (χ2v) is 7.45. The van der Waals surface area contributed by atoms with E-state index in [-0.39, 0.29) is 36.9 Å². The molecule has 2 fully saturated rings. The van der Waals surface area contributed by atoms with Crippen molar-refractivity contribution in [2.75, 3.05) is 42.5 Å². The summed E-state index contributed by atoms with van der Waals surface area (Å²) in [6, 6.07) is 0.253. The summed E-state index contributed by atoms with van der Waals surface area (Å²) in [6.07, 6.45) is 1.52. The Kier molecular flexibility index (Phi) is 4.47. The van der Waals surface area contributed by atoms with Crippen LogP contribution in [0.1, 0.15) is 37.4 Å². The number of carbonyl (C=O) groups is 2. The van der Waals surface area contributed by atoms with E-state index < -0.39 is 5.92 Å². The van der Waals surface area contributed by atoms with E-state index in [0.29, 0.717) is 49.8 Å². The lowest BCUT2D eigenvalue weighted by molar-refractivity contribution is -0.133. The first-order valence-electron chi connectivity index (χ1n) is 9.43. The highest BCUT2D eigenvalue weighted by Gasteiger charge is 2.45. The molecule has 1 amide bonds. The minimum absolute atomic E-state index is 0.119. The Morgan fingerprint density at radius 3 is 2.56 bits per heavy atom. The van der Waals surface area contributed by atoms with Crippen molar-refractivity contribution in [3.05, 3.63) is 11.3 Å². The zero-order valence-electron chi connectivity index (χ0n) is 15.3. The summed E-state index contributed by atoms with van der Waals surface area (Å²) in [5.74, 6) is -2.16. The fourth-order valence-electron chi connectivity index (χ4n) is 3.97. The molecule has 0 aromatic carbocycles. The van der Waals surface area contributed by atoms with E-state index in [1.54, 1.807) is 4.90 Å². The summed E-state index contributed by atoms with van der Waals surface area (Å²) in [5.41, 5.74) is 0.394. The monoisotopic (exact) mass is 379 g/mol. The largest absolute Gasteiger partial charge is 0.353 e. The molecule has 27 heavy (non-hydrogen) atoms. The van der Waals surface area contributed by atoms with Crippen molar-refractivity contribution >= 4 is 24.0 Å². The molecule has 2 saturated heterocycles. The number of hydrogen-bond acceptors (Lipinski definition) is 6. The number of halogens is 2. The van der Waals surface area contributed by atoms with Crippen LogP contribution in [0.5, 0.6) is 0 Å². The van der Waals surface area contributed by atoms with Crippen LogP contribution in [-0.4, -0.2) is 65.8 Å². The van der Waals surface area contributed by atoms with E-state index in [1.165, 1.54) is 0 Å². The van der Waals surface area contributed by atoms with Gasteiger partial charge in [-0.25, -0.2) is 4.98 Å². The lowest BCUT2D eigenvalue weighted by atomic mass is 10.1. The van der Waals surface area contributed by atoms with E-state index in [0.717, 1.165) is 13.0 Å². The van der Waals surface area contributed by atoms with E-state index in [1.807, 2.05) is 16.7 Å². The van der Waals surface area contributed by atoms with Gasteiger partial charge in [0.25, 0.3) is 5.92 Å². The van der Waals surface area contributed by atoms with Crippen molar-refractivity contribution < 1.29 is 18.4 Å². The molecular formula is C18H23F2N5O2. The van der Waals surface area contributed by atoms with Crippen LogP contribution in [0.2, 0.25) is 0 Å². The standard InChI is InChI=1S/C18H23F2N5O2/c1-12-3-6-25(12)17-21-15-13(2-5-18(15,19)20)16(22-17)24-9-7-23(8-10-24)14(27)4-11-26/h11-12H,2-10H2,1H3. The number of aldehydes is 1. The Bertz CT molecular complexity index is 764. The first-order chi connectivity index (χ1) is 12.9. The number of nitrogens with zero attached hydrogens (tertiary/aromatic N) is 5. The molecule has 1 aromatic heterocycles. The van der Waals surface area contributed by atoms with Crippen molar-refractivity contribution in [3.63, 3.8) is 0 Å². The van der Waals surface area contributed by atoms with E-state index in [9.17, 15) is 18.4 Å². The fourth-order valence-corrected chi connectivity index (χ4v) is 3.97. The minimum atomic E-state index is -2.92. The Labute approximate surface area is 156 Å². The molecule has 1 aliphatic carbocycles. The number of hydrogen-bond donors (Lipinski definition) is 0. The molecule has 0 saturated carbocycles. The molecule has 1 aromatic rings. The van der Waals surface area contributed by atoms with Gasteiger partial charge in [-0.2, -0.15) is 13.8 Å². The average molecular weight is 379 g/mol. The van der Waals surface area contributed by atoms with Crippen LogP contribution in [-0.2, 0) is 21.9 Å². The number of aromatic nitrogens is 2. The van der Waals surface area contributed by atoms with Crippen LogP contribution in [0.25, 0.3) is 0 Å². The first kappa shape index (κ1) is 18.1. The maximum absolute atomic E-state index is 14.4. The van der Waals surface area contributed by atoms with Crippen molar-refractivity contribution in [3.8, 4) is 0 Å². The van der Waals surface area contributed by atoms with Crippen LogP contribution in [0.3, 0.4) is 0 Å². The molecule has 2 aliphatic heterocycles. The number of fused-ring (bicyclic) bond motifs is 1. The summed E-state index contributed by atoms with van der Waals surface area (Å²) in [5, 5.41) is 0. The Hall–Kier alpha value is -2.32. The van der Waals surface area contributed by atoms with Gasteiger partial charge in [0.05, 0.1) is 6.42 Å². The Balaban J connectivity index is 1.61. The van der Waals surface area contributed by atoms with Crippen LogP contribution in [0.15, 0.2) is 0 Å². The van der Waals surface area contributed by atoms with Gasteiger partial charge in [-0.1, -0.05) is 0 Å². The zero-order chi connectivity index (χ0) is 19.2. The summed E-state index contributed by atoms with van der Waals surface area (Å²) in [6.45, 7) is 4.74. The minimum Gasteiger partial charge on any atom is -0.353 e. The summed E-state index contributed by atoms with van der Waals surface area (Å²) < 4.78 is 28.8. The number of piperazine rings is 1. The van der Waals surface area contributed by atoms with Crippen LogP contribution < -0.4 is 9.80 Å². The summed E-state index contributed by atoms with van der Waals surface area (Å²) in [7, 11) is 0. The quantitative estimate of drug-likeness (QED) is 0.581. The van der Waals surface area contributed by atoms with Crippen molar-refractivity contribution in [1.29, 1.82) is 0 Å². The third kappa shape index (κ3) is 3.12. The predicted octanol–water partition coefficient (Wildman–Crippen LogP) is 1.35. The van der Waals surface area contributed by atoms with Gasteiger partial charge in [0.1, 0.15) is 17.8 Å². The first-order valence-corrected chi connectivity index (χ1v) is 9.43. The van der Waals surface area contributed by atoms with Gasteiger partial charge in [0.15, 0.2) is 0 Å². The second-order valence-electron chi connectivity index (χ2n) is 7.45. The van der Waals surface area contributed by atoms with Gasteiger partial charge in [-0.05, 0) is 19.8 Å². The molecule has 1 atom stereocenters. The van der Waals surface area contributed by atoms with Gasteiger partial charge in [0, 0.05) is 50.7 Å². The molecular weight excluding hydrogens is 356 g/mol.